The van der Waals surface area contributed by atoms with Gasteiger partial charge in [0.05, 0.1) is 13.1 Å². The van der Waals surface area contributed by atoms with Gasteiger partial charge in [0.1, 0.15) is 0 Å². The summed E-state index contributed by atoms with van der Waals surface area (Å²) in [5.74, 6) is 1.55. The summed E-state index contributed by atoms with van der Waals surface area (Å²) in [7, 11) is 3.51. The molecule has 6 nitrogen and oxygen atoms in total. The molecule has 0 bridgehead atoms. The van der Waals surface area contributed by atoms with Crippen LogP contribution in [0, 0.1) is 5.92 Å². The minimum atomic E-state index is 0. The lowest BCUT2D eigenvalue weighted by atomic mass is 9.98. The van der Waals surface area contributed by atoms with Crippen molar-refractivity contribution in [1.82, 2.24) is 20.4 Å². The van der Waals surface area contributed by atoms with Gasteiger partial charge in [0.2, 0.25) is 5.91 Å². The Morgan fingerprint density at radius 3 is 2.43 bits per heavy atom. The predicted octanol–water partition coefficient (Wildman–Crippen LogP) is 2.68. The Bertz CT molecular complexity index is 627. The fourth-order valence-electron chi connectivity index (χ4n) is 3.15. The van der Waals surface area contributed by atoms with E-state index in [-0.39, 0.29) is 36.4 Å². The fraction of sp³-hybridized carbons (Fsp3) is 0.619. The minimum Gasteiger partial charge on any atom is -0.357 e. The lowest BCUT2D eigenvalue weighted by Gasteiger charge is -2.30. The van der Waals surface area contributed by atoms with Crippen LogP contribution in [0.5, 0.6) is 0 Å². The van der Waals surface area contributed by atoms with Crippen molar-refractivity contribution in [3.8, 4) is 0 Å². The second-order valence-electron chi connectivity index (χ2n) is 7.56. The smallest absolute Gasteiger partial charge is 0.241 e. The summed E-state index contributed by atoms with van der Waals surface area (Å²) < 4.78 is 0. The molecule has 7 heteroatoms. The number of carbonyl (C=O) groups excluding carboxylic acids is 1. The van der Waals surface area contributed by atoms with E-state index in [0.29, 0.717) is 12.5 Å². The molecule has 1 aromatic carbocycles. The number of aliphatic imine (C=N–C) groups is 1. The van der Waals surface area contributed by atoms with Gasteiger partial charge >= 0.3 is 0 Å². The maximum Gasteiger partial charge on any atom is 0.241 e. The average molecular weight is 501 g/mol. The number of hydrogen-bond acceptors (Lipinski definition) is 3. The second-order valence-corrected chi connectivity index (χ2v) is 7.56. The standard InChI is InChI=1S/C21H35N5O.HI/c1-5-22-21(24-15-20(27)25(3)4)23-14-18-8-6-7-9-19(18)16-26-12-10-17(2)11-13-26;/h6-9,17H,5,10-16H2,1-4H3,(H2,22,23,24);1H. The summed E-state index contributed by atoms with van der Waals surface area (Å²) in [4.78, 5) is 20.6. The Balaban J connectivity index is 0.00000392. The number of piperidine rings is 1. The number of amides is 1. The number of carbonyl (C=O) groups is 1. The van der Waals surface area contributed by atoms with E-state index in [0.717, 1.165) is 19.0 Å². The first kappa shape index (κ1) is 24.7. The zero-order valence-electron chi connectivity index (χ0n) is 17.7. The van der Waals surface area contributed by atoms with Crippen molar-refractivity contribution in [2.45, 2.75) is 39.8 Å². The molecule has 1 aliphatic heterocycles. The maximum absolute atomic E-state index is 11.8. The first-order chi connectivity index (χ1) is 13.0. The lowest BCUT2D eigenvalue weighted by molar-refractivity contribution is -0.127. The zero-order chi connectivity index (χ0) is 19.6. The highest BCUT2D eigenvalue weighted by Crippen LogP contribution is 2.20. The van der Waals surface area contributed by atoms with Gasteiger partial charge in [-0.25, -0.2) is 4.99 Å². The number of rotatable bonds is 7. The quantitative estimate of drug-likeness (QED) is 0.343. The molecule has 0 radical (unpaired) electrons. The van der Waals surface area contributed by atoms with Crippen molar-refractivity contribution in [1.29, 1.82) is 0 Å². The molecule has 1 aliphatic rings. The molecule has 1 amide bonds. The summed E-state index contributed by atoms with van der Waals surface area (Å²) in [5.41, 5.74) is 2.59. The Morgan fingerprint density at radius 1 is 1.18 bits per heavy atom. The Labute approximate surface area is 187 Å². The second kappa shape index (κ2) is 13.0. The van der Waals surface area contributed by atoms with E-state index in [1.54, 1.807) is 19.0 Å². The van der Waals surface area contributed by atoms with E-state index in [1.165, 1.54) is 37.1 Å². The average Bonchev–Trinajstić information content (AvgIpc) is 2.66. The van der Waals surface area contributed by atoms with Crippen molar-refractivity contribution >= 4 is 35.8 Å². The van der Waals surface area contributed by atoms with Gasteiger partial charge in [-0.15, -0.1) is 24.0 Å². The molecule has 0 spiro atoms. The molecular formula is C21H36IN5O. The van der Waals surface area contributed by atoms with Crippen LogP contribution < -0.4 is 10.6 Å². The van der Waals surface area contributed by atoms with Crippen LogP contribution in [0.15, 0.2) is 29.3 Å². The number of nitrogens with one attached hydrogen (secondary N) is 2. The minimum absolute atomic E-state index is 0. The fourth-order valence-corrected chi connectivity index (χ4v) is 3.15. The summed E-state index contributed by atoms with van der Waals surface area (Å²) >= 11 is 0. The number of halogens is 1. The van der Waals surface area contributed by atoms with Crippen LogP contribution in [0.25, 0.3) is 0 Å². The molecule has 1 saturated heterocycles. The number of benzene rings is 1. The highest BCUT2D eigenvalue weighted by atomic mass is 127. The lowest BCUT2D eigenvalue weighted by Crippen LogP contribution is -2.42. The topological polar surface area (TPSA) is 60.0 Å². The molecular weight excluding hydrogens is 465 g/mol. The third kappa shape index (κ3) is 8.34. The molecule has 1 heterocycles. The summed E-state index contributed by atoms with van der Waals surface area (Å²) in [6.07, 6.45) is 2.57. The molecule has 158 valence electrons. The number of likely N-dealkylation sites (N-methyl/N-ethyl adjacent to an activating group) is 1. The van der Waals surface area contributed by atoms with E-state index >= 15 is 0 Å². The van der Waals surface area contributed by atoms with Crippen LogP contribution in [0.4, 0.5) is 0 Å². The van der Waals surface area contributed by atoms with Gasteiger partial charge < -0.3 is 15.5 Å². The highest BCUT2D eigenvalue weighted by molar-refractivity contribution is 14.0. The van der Waals surface area contributed by atoms with E-state index in [4.69, 9.17) is 0 Å². The van der Waals surface area contributed by atoms with Crippen LogP contribution in [-0.4, -0.2) is 61.9 Å². The van der Waals surface area contributed by atoms with Gasteiger partial charge in [0.15, 0.2) is 5.96 Å². The van der Waals surface area contributed by atoms with Gasteiger partial charge in [-0.05, 0) is 49.9 Å². The Kier molecular flexibility index (Phi) is 11.4. The summed E-state index contributed by atoms with van der Waals surface area (Å²) in [6.45, 7) is 9.31. The molecule has 0 saturated carbocycles. The molecule has 2 N–H and O–H groups in total. The third-order valence-corrected chi connectivity index (χ3v) is 5.05. The van der Waals surface area contributed by atoms with Crippen molar-refractivity contribution in [2.75, 3.05) is 40.3 Å². The van der Waals surface area contributed by atoms with Crippen LogP contribution in [-0.2, 0) is 17.9 Å². The number of guanidine groups is 1. The van der Waals surface area contributed by atoms with Gasteiger partial charge in [-0.1, -0.05) is 31.2 Å². The molecule has 28 heavy (non-hydrogen) atoms. The van der Waals surface area contributed by atoms with Gasteiger partial charge in [-0.2, -0.15) is 0 Å². The molecule has 0 unspecified atom stereocenters. The van der Waals surface area contributed by atoms with E-state index in [2.05, 4.69) is 51.7 Å². The van der Waals surface area contributed by atoms with E-state index in [9.17, 15) is 4.79 Å². The summed E-state index contributed by atoms with van der Waals surface area (Å²) in [6, 6.07) is 8.54. The molecule has 0 aliphatic carbocycles. The molecule has 0 atom stereocenters. The Morgan fingerprint density at radius 2 is 1.82 bits per heavy atom. The molecule has 0 aromatic heterocycles. The van der Waals surface area contributed by atoms with Crippen molar-refractivity contribution in [3.05, 3.63) is 35.4 Å². The largest absolute Gasteiger partial charge is 0.357 e. The zero-order valence-corrected chi connectivity index (χ0v) is 20.0. The number of hydrogen-bond donors (Lipinski definition) is 2. The van der Waals surface area contributed by atoms with Gasteiger partial charge in [0.25, 0.3) is 0 Å². The van der Waals surface area contributed by atoms with Crippen molar-refractivity contribution in [2.24, 2.45) is 10.9 Å². The molecule has 2 rings (SSSR count). The molecule has 1 fully saturated rings. The monoisotopic (exact) mass is 501 g/mol. The van der Waals surface area contributed by atoms with E-state index in [1.807, 2.05) is 6.92 Å². The predicted molar refractivity (Wildman–Crippen MR) is 127 cm³/mol. The normalized spacial score (nSPS) is 15.6. The van der Waals surface area contributed by atoms with E-state index < -0.39 is 0 Å². The van der Waals surface area contributed by atoms with Crippen LogP contribution in [0.2, 0.25) is 0 Å². The third-order valence-electron chi connectivity index (χ3n) is 5.05. The summed E-state index contributed by atoms with van der Waals surface area (Å²) in [5, 5.41) is 6.33. The van der Waals surface area contributed by atoms with Gasteiger partial charge in [0, 0.05) is 27.2 Å². The van der Waals surface area contributed by atoms with Crippen LogP contribution in [0.3, 0.4) is 0 Å². The highest BCUT2D eigenvalue weighted by Gasteiger charge is 2.16. The number of nitrogens with zero attached hydrogens (tertiary/aromatic N) is 3. The number of likely N-dealkylation sites (tertiary alicyclic amines) is 1. The van der Waals surface area contributed by atoms with Gasteiger partial charge in [-0.3, -0.25) is 9.69 Å². The Hall–Kier alpha value is -1.35. The SMILES string of the molecule is CCNC(=NCc1ccccc1CN1CCC(C)CC1)NCC(=O)N(C)C.I. The first-order valence-corrected chi connectivity index (χ1v) is 10.0. The van der Waals surface area contributed by atoms with Crippen LogP contribution >= 0.6 is 24.0 Å². The van der Waals surface area contributed by atoms with Crippen molar-refractivity contribution in [3.63, 3.8) is 0 Å². The first-order valence-electron chi connectivity index (χ1n) is 10.0. The van der Waals surface area contributed by atoms with Crippen LogP contribution in [0.1, 0.15) is 37.8 Å². The molecule has 1 aromatic rings. The van der Waals surface area contributed by atoms with Crippen molar-refractivity contribution < 1.29 is 4.79 Å². The maximum atomic E-state index is 11.8.